The van der Waals surface area contributed by atoms with Crippen molar-refractivity contribution in [2.24, 2.45) is 5.73 Å². The number of aromatic nitrogens is 2. The largest absolute Gasteiger partial charge is 0.355 e. The Morgan fingerprint density at radius 3 is 2.88 bits per heavy atom. The van der Waals surface area contributed by atoms with Gasteiger partial charge in [0, 0.05) is 24.0 Å². The third kappa shape index (κ3) is 4.14. The minimum absolute atomic E-state index is 0.295. The summed E-state index contributed by atoms with van der Waals surface area (Å²) in [5.74, 6) is 0.920. The SMILES string of the molecule is Cc1nc(N2CCCC(N)CC2)cnc1Sc1cccc(Cl)c1Cl. The molecule has 1 unspecified atom stereocenters. The van der Waals surface area contributed by atoms with Crippen LogP contribution >= 0.6 is 35.0 Å². The maximum Gasteiger partial charge on any atom is 0.147 e. The maximum atomic E-state index is 6.26. The third-order valence-electron chi connectivity index (χ3n) is 4.11. The van der Waals surface area contributed by atoms with Crippen LogP contribution in [0.15, 0.2) is 34.3 Å². The molecule has 1 saturated heterocycles. The molecule has 0 spiro atoms. The lowest BCUT2D eigenvalue weighted by Crippen LogP contribution is -2.27. The highest BCUT2D eigenvalue weighted by Crippen LogP contribution is 2.37. The highest BCUT2D eigenvalue weighted by molar-refractivity contribution is 7.99. The van der Waals surface area contributed by atoms with Crippen LogP contribution in [0.5, 0.6) is 0 Å². The van der Waals surface area contributed by atoms with E-state index in [4.69, 9.17) is 33.9 Å². The van der Waals surface area contributed by atoms with E-state index in [1.165, 1.54) is 11.8 Å². The molecule has 24 heavy (non-hydrogen) atoms. The Kier molecular flexibility index (Phi) is 5.87. The van der Waals surface area contributed by atoms with Gasteiger partial charge in [-0.15, -0.1) is 0 Å². The van der Waals surface area contributed by atoms with Crippen LogP contribution in [0, 0.1) is 6.92 Å². The summed E-state index contributed by atoms with van der Waals surface area (Å²) in [4.78, 5) is 12.5. The molecule has 0 radical (unpaired) electrons. The smallest absolute Gasteiger partial charge is 0.147 e. The van der Waals surface area contributed by atoms with E-state index in [9.17, 15) is 0 Å². The van der Waals surface area contributed by atoms with Crippen molar-refractivity contribution in [3.05, 3.63) is 40.1 Å². The van der Waals surface area contributed by atoms with Gasteiger partial charge in [-0.3, -0.25) is 0 Å². The van der Waals surface area contributed by atoms with Crippen LogP contribution < -0.4 is 10.6 Å². The molecule has 0 saturated carbocycles. The lowest BCUT2D eigenvalue weighted by molar-refractivity contribution is 0.601. The number of nitrogens with two attached hydrogens (primary N) is 1. The van der Waals surface area contributed by atoms with Crippen LogP contribution in [-0.2, 0) is 0 Å². The number of nitrogens with zero attached hydrogens (tertiary/aromatic N) is 3. The first-order valence-electron chi connectivity index (χ1n) is 8.00. The molecule has 7 heteroatoms. The standard InChI is InChI=1S/C17H20Cl2N4S/c1-11-17(24-14-6-2-5-13(18)16(14)19)21-10-15(22-11)23-8-3-4-12(20)7-9-23/h2,5-6,10,12H,3-4,7-9,20H2,1H3. The molecule has 1 aromatic carbocycles. The molecule has 1 aromatic heterocycles. The summed E-state index contributed by atoms with van der Waals surface area (Å²) < 4.78 is 0. The second-order valence-corrected chi connectivity index (χ2v) is 7.77. The van der Waals surface area contributed by atoms with Gasteiger partial charge < -0.3 is 10.6 Å². The van der Waals surface area contributed by atoms with E-state index in [1.54, 1.807) is 6.07 Å². The van der Waals surface area contributed by atoms with E-state index in [1.807, 2.05) is 25.3 Å². The first kappa shape index (κ1) is 17.8. The van der Waals surface area contributed by atoms with Crippen molar-refractivity contribution >= 4 is 40.8 Å². The van der Waals surface area contributed by atoms with Crippen molar-refractivity contribution in [2.45, 2.75) is 42.1 Å². The first-order chi connectivity index (χ1) is 11.5. The summed E-state index contributed by atoms with van der Waals surface area (Å²) in [6.07, 6.45) is 5.00. The molecule has 2 N–H and O–H groups in total. The van der Waals surface area contributed by atoms with E-state index >= 15 is 0 Å². The Labute approximate surface area is 156 Å². The lowest BCUT2D eigenvalue weighted by atomic mass is 10.1. The monoisotopic (exact) mass is 382 g/mol. The average molecular weight is 383 g/mol. The summed E-state index contributed by atoms with van der Waals surface area (Å²) in [5, 5.41) is 1.94. The Balaban J connectivity index is 1.78. The van der Waals surface area contributed by atoms with Crippen molar-refractivity contribution in [2.75, 3.05) is 18.0 Å². The number of rotatable bonds is 3. The Hall–Kier alpha value is -1.01. The van der Waals surface area contributed by atoms with E-state index in [2.05, 4.69) is 9.88 Å². The molecule has 1 atom stereocenters. The number of hydrogen-bond donors (Lipinski definition) is 1. The van der Waals surface area contributed by atoms with Crippen LogP contribution in [0.4, 0.5) is 5.82 Å². The highest BCUT2D eigenvalue weighted by Gasteiger charge is 2.17. The summed E-state index contributed by atoms with van der Waals surface area (Å²) >= 11 is 13.8. The minimum Gasteiger partial charge on any atom is -0.355 e. The molecule has 0 bridgehead atoms. The zero-order chi connectivity index (χ0) is 17.1. The van der Waals surface area contributed by atoms with Gasteiger partial charge >= 0.3 is 0 Å². The number of benzene rings is 1. The number of halogens is 2. The fraction of sp³-hybridized carbons (Fsp3) is 0.412. The molecule has 128 valence electrons. The first-order valence-corrected chi connectivity index (χ1v) is 9.58. The van der Waals surface area contributed by atoms with Crippen LogP contribution in [0.1, 0.15) is 25.0 Å². The second kappa shape index (κ2) is 7.91. The van der Waals surface area contributed by atoms with Crippen molar-refractivity contribution in [1.29, 1.82) is 0 Å². The maximum absolute atomic E-state index is 6.26. The van der Waals surface area contributed by atoms with Gasteiger partial charge in [-0.05, 0) is 38.3 Å². The van der Waals surface area contributed by atoms with Gasteiger partial charge in [0.05, 0.1) is 21.9 Å². The molecule has 1 aliphatic heterocycles. The second-order valence-electron chi connectivity index (χ2n) is 5.95. The van der Waals surface area contributed by atoms with Gasteiger partial charge in [-0.2, -0.15) is 0 Å². The van der Waals surface area contributed by atoms with Gasteiger partial charge in [0.1, 0.15) is 10.8 Å². The van der Waals surface area contributed by atoms with Crippen LogP contribution in [0.3, 0.4) is 0 Å². The third-order valence-corrected chi connectivity index (χ3v) is 6.19. The number of aryl methyl sites for hydroxylation is 1. The Morgan fingerprint density at radius 2 is 2.08 bits per heavy atom. The van der Waals surface area contributed by atoms with Gasteiger partial charge in [-0.1, -0.05) is 41.0 Å². The van der Waals surface area contributed by atoms with Gasteiger partial charge in [0.15, 0.2) is 0 Å². The summed E-state index contributed by atoms with van der Waals surface area (Å²) in [7, 11) is 0. The predicted octanol–water partition coefficient (Wildman–Crippen LogP) is 4.56. The van der Waals surface area contributed by atoms with E-state index < -0.39 is 0 Å². The minimum atomic E-state index is 0.295. The topological polar surface area (TPSA) is 55.0 Å². The number of anilines is 1. The van der Waals surface area contributed by atoms with Crippen molar-refractivity contribution in [3.63, 3.8) is 0 Å². The molecule has 0 amide bonds. The summed E-state index contributed by atoms with van der Waals surface area (Å²) in [6.45, 7) is 3.89. The van der Waals surface area contributed by atoms with E-state index in [0.717, 1.165) is 53.8 Å². The average Bonchev–Trinajstić information content (AvgIpc) is 2.78. The molecule has 1 fully saturated rings. The lowest BCUT2D eigenvalue weighted by Gasteiger charge is -2.22. The van der Waals surface area contributed by atoms with Crippen LogP contribution in [0.2, 0.25) is 10.0 Å². The van der Waals surface area contributed by atoms with Gasteiger partial charge in [0.2, 0.25) is 0 Å². The summed E-state index contributed by atoms with van der Waals surface area (Å²) in [5.41, 5.74) is 6.94. The predicted molar refractivity (Wildman–Crippen MR) is 101 cm³/mol. The van der Waals surface area contributed by atoms with Crippen molar-refractivity contribution < 1.29 is 0 Å². The number of hydrogen-bond acceptors (Lipinski definition) is 5. The zero-order valence-corrected chi connectivity index (χ0v) is 15.8. The molecular formula is C17H20Cl2N4S. The Morgan fingerprint density at radius 1 is 1.25 bits per heavy atom. The van der Waals surface area contributed by atoms with Gasteiger partial charge in [-0.25, -0.2) is 9.97 Å². The highest BCUT2D eigenvalue weighted by atomic mass is 35.5. The summed E-state index contributed by atoms with van der Waals surface area (Å²) in [6, 6.07) is 5.89. The molecule has 2 aromatic rings. The molecular weight excluding hydrogens is 363 g/mol. The molecule has 1 aliphatic rings. The Bertz CT molecular complexity index is 726. The quantitative estimate of drug-likeness (QED) is 0.842. The molecule has 2 heterocycles. The zero-order valence-electron chi connectivity index (χ0n) is 13.5. The van der Waals surface area contributed by atoms with E-state index in [-0.39, 0.29) is 0 Å². The van der Waals surface area contributed by atoms with Crippen molar-refractivity contribution in [3.8, 4) is 0 Å². The normalized spacial score (nSPS) is 18.5. The van der Waals surface area contributed by atoms with Crippen LogP contribution in [0.25, 0.3) is 0 Å². The molecule has 0 aliphatic carbocycles. The van der Waals surface area contributed by atoms with E-state index in [0.29, 0.717) is 16.1 Å². The van der Waals surface area contributed by atoms with Crippen LogP contribution in [-0.4, -0.2) is 29.1 Å². The molecule has 3 rings (SSSR count). The fourth-order valence-corrected chi connectivity index (χ4v) is 4.05. The fourth-order valence-electron chi connectivity index (χ4n) is 2.73. The molecule has 4 nitrogen and oxygen atoms in total. The van der Waals surface area contributed by atoms with Crippen molar-refractivity contribution in [1.82, 2.24) is 9.97 Å². The van der Waals surface area contributed by atoms with Gasteiger partial charge in [0.25, 0.3) is 0 Å².